The first-order valence-electron chi connectivity index (χ1n) is 7.47. The Morgan fingerprint density at radius 1 is 1.17 bits per heavy atom. The summed E-state index contributed by atoms with van der Waals surface area (Å²) in [6.07, 6.45) is 4.07. The maximum absolute atomic E-state index is 12.6. The smallest absolute Gasteiger partial charge is 0.376 e. The molecule has 3 rings (SSSR count). The molecule has 0 aliphatic heterocycles. The summed E-state index contributed by atoms with van der Waals surface area (Å²) in [6, 6.07) is 2.33. The Labute approximate surface area is 136 Å². The molecular formula is C14H15F3N2O4S. The van der Waals surface area contributed by atoms with Crippen LogP contribution >= 0.6 is 0 Å². The summed E-state index contributed by atoms with van der Waals surface area (Å²) in [7, 11) is -5.62. The minimum absolute atomic E-state index is 0.0498. The van der Waals surface area contributed by atoms with Gasteiger partial charge in [-0.05, 0) is 49.7 Å². The molecule has 0 saturated heterocycles. The van der Waals surface area contributed by atoms with Gasteiger partial charge in [-0.2, -0.15) is 13.2 Å². The third-order valence-electron chi connectivity index (χ3n) is 4.36. The largest absolute Gasteiger partial charge is 0.501 e. The minimum atomic E-state index is -5.62. The number of nitro benzene ring substituents is 1. The monoisotopic (exact) mass is 364 g/mol. The van der Waals surface area contributed by atoms with Crippen molar-refractivity contribution in [3.8, 4) is 0 Å². The molecule has 2 fully saturated rings. The molecule has 2 aliphatic rings. The first-order valence-corrected chi connectivity index (χ1v) is 8.96. The van der Waals surface area contributed by atoms with Gasteiger partial charge in [0.05, 0.1) is 9.82 Å². The summed E-state index contributed by atoms with van der Waals surface area (Å²) in [6.45, 7) is 0. The molecular weight excluding hydrogens is 349 g/mol. The van der Waals surface area contributed by atoms with Gasteiger partial charge < -0.3 is 5.32 Å². The summed E-state index contributed by atoms with van der Waals surface area (Å²) >= 11 is 0. The Hall–Kier alpha value is -1.84. The normalized spacial score (nSPS) is 18.7. The highest BCUT2D eigenvalue weighted by Crippen LogP contribution is 2.47. The fraction of sp³-hybridized carbons (Fsp3) is 0.571. The molecule has 1 aromatic carbocycles. The van der Waals surface area contributed by atoms with E-state index >= 15 is 0 Å². The minimum Gasteiger partial charge on any atom is -0.376 e. The number of alkyl halides is 3. The van der Waals surface area contributed by atoms with Crippen LogP contribution in [-0.2, 0) is 9.84 Å². The van der Waals surface area contributed by atoms with Crippen LogP contribution in [0.15, 0.2) is 23.1 Å². The van der Waals surface area contributed by atoms with E-state index in [9.17, 15) is 31.7 Å². The van der Waals surface area contributed by atoms with Gasteiger partial charge in [0.15, 0.2) is 0 Å². The SMILES string of the molecule is O=[N+]([O-])c1cc(S(=O)(=O)C(F)(F)F)ccc1NC(C1CC1)C1CC1. The number of rotatable bonds is 6. The number of hydrogen-bond acceptors (Lipinski definition) is 5. The number of anilines is 1. The molecule has 0 unspecified atom stereocenters. The molecule has 0 bridgehead atoms. The molecule has 10 heteroatoms. The van der Waals surface area contributed by atoms with E-state index in [-0.39, 0.29) is 11.7 Å². The van der Waals surface area contributed by atoms with Crippen molar-refractivity contribution in [1.29, 1.82) is 0 Å². The molecule has 0 heterocycles. The standard InChI is InChI=1S/C14H15F3N2O4S/c15-14(16,17)24(22,23)10-5-6-11(12(7-10)19(20)21)18-13(8-1-2-8)9-3-4-9/h5-9,13,18H,1-4H2. The number of nitrogens with zero attached hydrogens (tertiary/aromatic N) is 1. The van der Waals surface area contributed by atoms with Crippen LogP contribution in [0.4, 0.5) is 24.5 Å². The van der Waals surface area contributed by atoms with Gasteiger partial charge in [0.25, 0.3) is 15.5 Å². The molecule has 2 saturated carbocycles. The van der Waals surface area contributed by atoms with E-state index in [1.165, 1.54) is 0 Å². The van der Waals surface area contributed by atoms with Crippen LogP contribution in [0.5, 0.6) is 0 Å². The Kier molecular flexibility index (Phi) is 3.97. The highest BCUT2D eigenvalue weighted by molar-refractivity contribution is 7.92. The van der Waals surface area contributed by atoms with Crippen LogP contribution in [0.3, 0.4) is 0 Å². The lowest BCUT2D eigenvalue weighted by atomic mass is 10.1. The number of hydrogen-bond donors (Lipinski definition) is 1. The quantitative estimate of drug-likeness (QED) is 0.616. The highest BCUT2D eigenvalue weighted by atomic mass is 32.2. The average Bonchev–Trinajstić information content (AvgIpc) is 3.36. The lowest BCUT2D eigenvalue weighted by molar-refractivity contribution is -0.384. The van der Waals surface area contributed by atoms with Crippen molar-refractivity contribution < 1.29 is 26.5 Å². The first kappa shape index (κ1) is 17.0. The van der Waals surface area contributed by atoms with Crippen LogP contribution in [0.2, 0.25) is 0 Å². The van der Waals surface area contributed by atoms with Crippen molar-refractivity contribution in [3.05, 3.63) is 28.3 Å². The number of halogens is 3. The Balaban J connectivity index is 1.95. The predicted molar refractivity (Wildman–Crippen MR) is 79.2 cm³/mol. The van der Waals surface area contributed by atoms with Crippen LogP contribution in [0, 0.1) is 22.0 Å². The van der Waals surface area contributed by atoms with Gasteiger partial charge in [-0.3, -0.25) is 10.1 Å². The molecule has 0 spiro atoms. The molecule has 0 radical (unpaired) electrons. The third-order valence-corrected chi connectivity index (χ3v) is 5.85. The fourth-order valence-corrected chi connectivity index (χ4v) is 3.58. The molecule has 0 aromatic heterocycles. The van der Waals surface area contributed by atoms with Crippen LogP contribution in [0.1, 0.15) is 25.7 Å². The maximum atomic E-state index is 12.6. The molecule has 6 nitrogen and oxygen atoms in total. The number of benzene rings is 1. The van der Waals surface area contributed by atoms with Gasteiger partial charge in [-0.15, -0.1) is 0 Å². The van der Waals surface area contributed by atoms with Gasteiger partial charge in [0, 0.05) is 12.1 Å². The lowest BCUT2D eigenvalue weighted by Crippen LogP contribution is -2.25. The maximum Gasteiger partial charge on any atom is 0.501 e. The van der Waals surface area contributed by atoms with E-state index in [1.807, 2.05) is 0 Å². The molecule has 1 N–H and O–H groups in total. The number of sulfone groups is 1. The predicted octanol–water partition coefficient (Wildman–Crippen LogP) is 3.49. The van der Waals surface area contributed by atoms with E-state index in [1.54, 1.807) is 0 Å². The van der Waals surface area contributed by atoms with Gasteiger partial charge in [-0.25, -0.2) is 8.42 Å². The Morgan fingerprint density at radius 3 is 2.12 bits per heavy atom. The number of nitrogens with one attached hydrogen (secondary N) is 1. The topological polar surface area (TPSA) is 89.3 Å². The second kappa shape index (κ2) is 5.61. The second-order valence-corrected chi connectivity index (χ2v) is 8.17. The van der Waals surface area contributed by atoms with Crippen molar-refractivity contribution in [2.75, 3.05) is 5.32 Å². The van der Waals surface area contributed by atoms with Crippen LogP contribution in [0.25, 0.3) is 0 Å². The molecule has 24 heavy (non-hydrogen) atoms. The summed E-state index contributed by atoms with van der Waals surface area (Å²) in [5.74, 6) is 0.825. The van der Waals surface area contributed by atoms with Crippen LogP contribution < -0.4 is 5.32 Å². The van der Waals surface area contributed by atoms with Crippen molar-refractivity contribution in [1.82, 2.24) is 0 Å². The van der Waals surface area contributed by atoms with E-state index in [2.05, 4.69) is 5.32 Å². The van der Waals surface area contributed by atoms with Gasteiger partial charge in [0.2, 0.25) is 0 Å². The highest BCUT2D eigenvalue weighted by Gasteiger charge is 2.48. The van der Waals surface area contributed by atoms with Crippen molar-refractivity contribution in [2.45, 2.75) is 42.1 Å². The number of nitro groups is 1. The lowest BCUT2D eigenvalue weighted by Gasteiger charge is -2.19. The molecule has 132 valence electrons. The van der Waals surface area contributed by atoms with E-state index in [0.29, 0.717) is 17.9 Å². The summed E-state index contributed by atoms with van der Waals surface area (Å²) < 4.78 is 60.7. The molecule has 1 aromatic rings. The molecule has 0 amide bonds. The van der Waals surface area contributed by atoms with Crippen molar-refractivity contribution in [2.24, 2.45) is 11.8 Å². The zero-order valence-corrected chi connectivity index (χ0v) is 13.2. The second-order valence-electron chi connectivity index (χ2n) is 6.23. The molecule has 2 aliphatic carbocycles. The fourth-order valence-electron chi connectivity index (χ4n) is 2.80. The summed E-state index contributed by atoms with van der Waals surface area (Å²) in [5.41, 5.74) is -6.10. The van der Waals surface area contributed by atoms with E-state index in [4.69, 9.17) is 0 Å². The van der Waals surface area contributed by atoms with Gasteiger partial charge in [-0.1, -0.05) is 0 Å². The Morgan fingerprint density at radius 2 is 1.71 bits per heavy atom. The zero-order chi connectivity index (χ0) is 17.7. The summed E-state index contributed by atoms with van der Waals surface area (Å²) in [5, 5.41) is 14.2. The van der Waals surface area contributed by atoms with E-state index < -0.39 is 30.9 Å². The molecule has 0 atom stereocenters. The third kappa shape index (κ3) is 3.19. The zero-order valence-electron chi connectivity index (χ0n) is 12.4. The van der Waals surface area contributed by atoms with Crippen molar-refractivity contribution >= 4 is 21.2 Å². The Bertz CT molecular complexity index is 759. The average molecular weight is 364 g/mol. The van der Waals surface area contributed by atoms with Crippen molar-refractivity contribution in [3.63, 3.8) is 0 Å². The first-order chi connectivity index (χ1) is 11.1. The van der Waals surface area contributed by atoms with E-state index in [0.717, 1.165) is 37.8 Å². The van der Waals surface area contributed by atoms with Crippen LogP contribution in [-0.4, -0.2) is 24.9 Å². The van der Waals surface area contributed by atoms with Gasteiger partial charge >= 0.3 is 5.51 Å². The van der Waals surface area contributed by atoms with Gasteiger partial charge in [0.1, 0.15) is 5.69 Å². The summed E-state index contributed by atoms with van der Waals surface area (Å²) in [4.78, 5) is 9.20.